The minimum absolute atomic E-state index is 0.00415. The first kappa shape index (κ1) is 26.0. The van der Waals surface area contributed by atoms with Gasteiger partial charge in [-0.3, -0.25) is 9.36 Å². The monoisotopic (exact) mass is 548 g/mol. The van der Waals surface area contributed by atoms with Gasteiger partial charge in [0, 0.05) is 43.6 Å². The van der Waals surface area contributed by atoms with Crippen LogP contribution < -0.4 is 10.1 Å². The number of benzene rings is 1. The summed E-state index contributed by atoms with van der Waals surface area (Å²) in [5.74, 6) is 0.420. The topological polar surface area (TPSA) is 104 Å². The Kier molecular flexibility index (Phi) is 6.58. The molecule has 38 heavy (non-hydrogen) atoms. The maximum absolute atomic E-state index is 13.3. The number of nitrogens with zero attached hydrogens (tertiary/aromatic N) is 5. The van der Waals surface area contributed by atoms with E-state index in [1.807, 2.05) is 10.7 Å². The third kappa shape index (κ3) is 5.06. The third-order valence-electron chi connectivity index (χ3n) is 6.75. The summed E-state index contributed by atoms with van der Waals surface area (Å²) in [6, 6.07) is 8.48. The molecule has 0 atom stereocenters. The summed E-state index contributed by atoms with van der Waals surface area (Å²) in [6.07, 6.45) is 1.63. The predicted octanol–water partition coefficient (Wildman–Crippen LogP) is 4.86. The Hall–Kier alpha value is -3.61. The van der Waals surface area contributed by atoms with E-state index in [0.717, 1.165) is 27.4 Å². The average Bonchev–Trinajstić information content (AvgIpc) is 3.44. The van der Waals surface area contributed by atoms with E-state index in [2.05, 4.69) is 15.4 Å². The molecule has 0 unspecified atom stereocenters. The number of hydrogen-bond donors (Lipinski definition) is 1. The summed E-state index contributed by atoms with van der Waals surface area (Å²) >= 11 is 0. The molecule has 0 spiro atoms. The Labute approximate surface area is 217 Å². The van der Waals surface area contributed by atoms with Crippen molar-refractivity contribution < 1.29 is 26.3 Å². The van der Waals surface area contributed by atoms with Crippen molar-refractivity contribution in [2.45, 2.75) is 48.9 Å². The molecule has 1 fully saturated rings. The van der Waals surface area contributed by atoms with Crippen molar-refractivity contribution in [3.8, 4) is 17.0 Å². The van der Waals surface area contributed by atoms with E-state index in [1.165, 1.54) is 13.2 Å². The van der Waals surface area contributed by atoms with E-state index < -0.39 is 21.7 Å². The van der Waals surface area contributed by atoms with Crippen LogP contribution in [0.5, 0.6) is 5.75 Å². The molecule has 0 saturated heterocycles. The standard InChI is InChI=1S/C25H27F3N6O3S/c1-29-22-12-20-19(13-30-22)23(15-4-10-18(11-5-15)38(3,35)36)31-34(20)16-6-8-17(9-7-16)37-21-14-33(2)32-24(21)25(26,27)28/h4-5,10-14,16-17H,6-9H2,1-3H3,(H,29,30)/t16-,17+. The summed E-state index contributed by atoms with van der Waals surface area (Å²) in [6.45, 7) is 0. The molecule has 0 aliphatic heterocycles. The summed E-state index contributed by atoms with van der Waals surface area (Å²) in [4.78, 5) is 4.66. The lowest BCUT2D eigenvalue weighted by atomic mass is 9.93. The molecule has 3 aromatic heterocycles. The molecule has 1 aliphatic rings. The van der Waals surface area contributed by atoms with Crippen molar-refractivity contribution >= 4 is 26.6 Å². The summed E-state index contributed by atoms with van der Waals surface area (Å²) < 4.78 is 72.5. The third-order valence-corrected chi connectivity index (χ3v) is 7.88. The van der Waals surface area contributed by atoms with E-state index in [9.17, 15) is 21.6 Å². The lowest BCUT2D eigenvalue weighted by Crippen LogP contribution is -2.27. The van der Waals surface area contributed by atoms with Gasteiger partial charge in [-0.2, -0.15) is 23.4 Å². The summed E-state index contributed by atoms with van der Waals surface area (Å²) in [7, 11) is -0.122. The minimum atomic E-state index is -4.59. The molecule has 0 radical (unpaired) electrons. The maximum atomic E-state index is 13.3. The van der Waals surface area contributed by atoms with Crippen LogP contribution in [0.15, 0.2) is 47.6 Å². The van der Waals surface area contributed by atoms with E-state index >= 15 is 0 Å². The van der Waals surface area contributed by atoms with Crippen molar-refractivity contribution in [3.63, 3.8) is 0 Å². The number of fused-ring (bicyclic) bond motifs is 1. The zero-order chi connectivity index (χ0) is 27.2. The van der Waals surface area contributed by atoms with Crippen LogP contribution in [0.4, 0.5) is 19.0 Å². The predicted molar refractivity (Wildman–Crippen MR) is 136 cm³/mol. The zero-order valence-electron chi connectivity index (χ0n) is 21.0. The zero-order valence-corrected chi connectivity index (χ0v) is 21.8. The lowest BCUT2D eigenvalue weighted by Gasteiger charge is -2.29. The fourth-order valence-electron chi connectivity index (χ4n) is 4.86. The minimum Gasteiger partial charge on any atom is -0.486 e. The number of sulfone groups is 1. The van der Waals surface area contributed by atoms with Crippen LogP contribution in [0.2, 0.25) is 0 Å². The molecular weight excluding hydrogens is 521 g/mol. The largest absolute Gasteiger partial charge is 0.486 e. The Bertz CT molecular complexity index is 1570. The SMILES string of the molecule is CNc1cc2c(cn1)c(-c1ccc(S(C)(=O)=O)cc1)nn2[C@H]1CC[C@@H](Oc2cn(C)nc2C(F)(F)F)CC1. The van der Waals surface area contributed by atoms with Crippen LogP contribution in [-0.2, 0) is 23.1 Å². The van der Waals surface area contributed by atoms with E-state index in [0.29, 0.717) is 37.2 Å². The number of nitrogens with one attached hydrogen (secondary N) is 1. The van der Waals surface area contributed by atoms with Crippen molar-refractivity contribution in [2.24, 2.45) is 7.05 Å². The summed E-state index contributed by atoms with van der Waals surface area (Å²) in [5.41, 5.74) is 1.29. The number of rotatable bonds is 6. The van der Waals surface area contributed by atoms with Crippen LogP contribution in [0.1, 0.15) is 37.4 Å². The van der Waals surface area contributed by atoms with E-state index in [-0.39, 0.29) is 22.8 Å². The van der Waals surface area contributed by atoms with E-state index in [1.54, 1.807) is 37.5 Å². The van der Waals surface area contributed by atoms with Gasteiger partial charge >= 0.3 is 6.18 Å². The average molecular weight is 549 g/mol. The fourth-order valence-corrected chi connectivity index (χ4v) is 5.49. The van der Waals surface area contributed by atoms with Gasteiger partial charge in [0.2, 0.25) is 5.69 Å². The molecule has 1 aromatic carbocycles. The number of alkyl halides is 3. The van der Waals surface area contributed by atoms with Gasteiger partial charge in [-0.1, -0.05) is 12.1 Å². The van der Waals surface area contributed by atoms with Crippen molar-refractivity contribution in [3.05, 3.63) is 48.4 Å². The molecule has 4 aromatic rings. The number of aryl methyl sites for hydroxylation is 1. The Balaban J connectivity index is 1.41. The number of hydrogen-bond acceptors (Lipinski definition) is 7. The smallest absolute Gasteiger partial charge is 0.438 e. The highest BCUT2D eigenvalue weighted by Crippen LogP contribution is 2.39. The maximum Gasteiger partial charge on any atom is 0.438 e. The molecule has 0 bridgehead atoms. The van der Waals surface area contributed by atoms with Crippen molar-refractivity contribution in [2.75, 3.05) is 18.6 Å². The van der Waals surface area contributed by atoms with Gasteiger partial charge in [-0.05, 0) is 37.8 Å². The van der Waals surface area contributed by atoms with E-state index in [4.69, 9.17) is 9.84 Å². The number of halogens is 3. The van der Waals surface area contributed by atoms with Crippen LogP contribution >= 0.6 is 0 Å². The Morgan fingerprint density at radius 2 is 1.76 bits per heavy atom. The molecule has 202 valence electrons. The number of ether oxygens (including phenoxy) is 1. The van der Waals surface area contributed by atoms with Gasteiger partial charge in [-0.25, -0.2) is 13.4 Å². The second kappa shape index (κ2) is 9.61. The first-order valence-corrected chi connectivity index (χ1v) is 14.0. The molecular formula is C25H27F3N6O3S. The number of anilines is 1. The molecule has 1 aliphatic carbocycles. The first-order chi connectivity index (χ1) is 17.9. The highest BCUT2D eigenvalue weighted by atomic mass is 32.2. The highest BCUT2D eigenvalue weighted by Gasteiger charge is 2.39. The molecule has 1 saturated carbocycles. The molecule has 3 heterocycles. The molecule has 5 rings (SSSR count). The second-order valence-electron chi connectivity index (χ2n) is 9.49. The number of aromatic nitrogens is 5. The number of pyridine rings is 1. The quantitative estimate of drug-likeness (QED) is 0.367. The molecule has 1 N–H and O–H groups in total. The highest BCUT2D eigenvalue weighted by molar-refractivity contribution is 7.90. The van der Waals surface area contributed by atoms with Gasteiger partial charge in [-0.15, -0.1) is 0 Å². The molecule has 9 nitrogen and oxygen atoms in total. The second-order valence-corrected chi connectivity index (χ2v) is 11.5. The molecule has 13 heteroatoms. The van der Waals surface area contributed by atoms with Crippen molar-refractivity contribution in [1.82, 2.24) is 24.5 Å². The van der Waals surface area contributed by atoms with Crippen molar-refractivity contribution in [1.29, 1.82) is 0 Å². The summed E-state index contributed by atoms with van der Waals surface area (Å²) in [5, 5.41) is 12.3. The first-order valence-electron chi connectivity index (χ1n) is 12.1. The van der Waals surface area contributed by atoms with Crippen LogP contribution in [-0.4, -0.2) is 52.4 Å². The van der Waals surface area contributed by atoms with Crippen LogP contribution in [0.3, 0.4) is 0 Å². The van der Waals surface area contributed by atoms with Gasteiger partial charge in [0.25, 0.3) is 0 Å². The van der Waals surface area contributed by atoms with Gasteiger partial charge < -0.3 is 10.1 Å². The Morgan fingerprint density at radius 3 is 2.37 bits per heavy atom. The van der Waals surface area contributed by atoms with Gasteiger partial charge in [0.1, 0.15) is 11.5 Å². The van der Waals surface area contributed by atoms with Gasteiger partial charge in [0.05, 0.1) is 28.8 Å². The normalized spacial score (nSPS) is 18.6. The lowest BCUT2D eigenvalue weighted by molar-refractivity contribution is -0.143. The van der Waals surface area contributed by atoms with Crippen LogP contribution in [0, 0.1) is 0 Å². The molecule has 0 amide bonds. The van der Waals surface area contributed by atoms with Gasteiger partial charge in [0.15, 0.2) is 15.6 Å². The Morgan fingerprint density at radius 1 is 1.08 bits per heavy atom. The van der Waals surface area contributed by atoms with Crippen LogP contribution in [0.25, 0.3) is 22.2 Å². The fraction of sp³-hybridized carbons (Fsp3) is 0.400.